The quantitative estimate of drug-likeness (QED) is 0.652. The summed E-state index contributed by atoms with van der Waals surface area (Å²) in [6.45, 7) is 0. The minimum Gasteiger partial charge on any atom is -0.352 e. The van der Waals surface area contributed by atoms with Crippen molar-refractivity contribution in [1.29, 1.82) is 0 Å². The average Bonchev–Trinajstić information content (AvgIpc) is 2.47. The molecule has 2 fully saturated rings. The molecule has 1 saturated heterocycles. The summed E-state index contributed by atoms with van der Waals surface area (Å²) in [5.41, 5.74) is 0. The Balaban J connectivity index is 1.74. The van der Waals surface area contributed by atoms with Crippen LogP contribution in [0.3, 0.4) is 0 Å². The van der Waals surface area contributed by atoms with Gasteiger partial charge in [0.05, 0.1) is 6.04 Å². The van der Waals surface area contributed by atoms with Gasteiger partial charge in [0.25, 0.3) is 0 Å². The Morgan fingerprint density at radius 3 is 2.83 bits per heavy atom. The van der Waals surface area contributed by atoms with Crippen LogP contribution >= 0.6 is 11.8 Å². The highest BCUT2D eigenvalue weighted by Crippen LogP contribution is 2.18. The van der Waals surface area contributed by atoms with E-state index < -0.39 is 0 Å². The Morgan fingerprint density at radius 2 is 2.33 bits per heavy atom. The Hall–Kier alpha value is -0.220. The van der Waals surface area contributed by atoms with Gasteiger partial charge in [0.15, 0.2) is 0 Å². The molecule has 68 valence electrons. The summed E-state index contributed by atoms with van der Waals surface area (Å²) in [4.78, 5) is 11.5. The van der Waals surface area contributed by atoms with Crippen molar-refractivity contribution in [3.05, 3.63) is 0 Å². The molecule has 3 nitrogen and oxygen atoms in total. The predicted molar refractivity (Wildman–Crippen MR) is 50.0 cm³/mol. The molecule has 0 radical (unpaired) electrons. The zero-order valence-corrected chi connectivity index (χ0v) is 7.82. The molecule has 12 heavy (non-hydrogen) atoms. The van der Waals surface area contributed by atoms with E-state index in [1.54, 1.807) is 11.8 Å². The van der Waals surface area contributed by atoms with Gasteiger partial charge in [-0.2, -0.15) is 0 Å². The lowest BCUT2D eigenvalue weighted by Gasteiger charge is -2.27. The van der Waals surface area contributed by atoms with E-state index in [1.165, 1.54) is 19.3 Å². The third-order valence-corrected chi connectivity index (χ3v) is 3.42. The summed E-state index contributed by atoms with van der Waals surface area (Å²) in [6.07, 6.45) is 3.62. The first-order chi connectivity index (χ1) is 5.86. The zero-order valence-electron chi connectivity index (χ0n) is 7.01. The molecule has 1 heterocycles. The van der Waals surface area contributed by atoms with Crippen LogP contribution in [0.1, 0.15) is 19.3 Å². The fourth-order valence-corrected chi connectivity index (χ4v) is 2.36. The van der Waals surface area contributed by atoms with E-state index in [0.717, 1.165) is 11.6 Å². The number of amides is 1. The zero-order chi connectivity index (χ0) is 8.39. The van der Waals surface area contributed by atoms with E-state index in [2.05, 4.69) is 10.6 Å². The molecule has 0 aromatic rings. The van der Waals surface area contributed by atoms with E-state index >= 15 is 0 Å². The van der Waals surface area contributed by atoms with Crippen molar-refractivity contribution in [2.45, 2.75) is 31.3 Å². The van der Waals surface area contributed by atoms with Crippen molar-refractivity contribution in [3.8, 4) is 0 Å². The van der Waals surface area contributed by atoms with Gasteiger partial charge in [0.1, 0.15) is 0 Å². The van der Waals surface area contributed by atoms with Crippen LogP contribution in [0.4, 0.5) is 0 Å². The highest BCUT2D eigenvalue weighted by Gasteiger charge is 2.26. The maximum atomic E-state index is 11.5. The minimum atomic E-state index is 0.0654. The van der Waals surface area contributed by atoms with E-state index in [0.29, 0.717) is 6.04 Å². The molecule has 0 aromatic heterocycles. The van der Waals surface area contributed by atoms with Gasteiger partial charge < -0.3 is 5.32 Å². The van der Waals surface area contributed by atoms with Crippen LogP contribution < -0.4 is 10.6 Å². The van der Waals surface area contributed by atoms with Gasteiger partial charge in [-0.05, 0) is 19.3 Å². The number of nitrogens with one attached hydrogen (secondary N) is 2. The number of hydrogen-bond donors (Lipinski definition) is 2. The van der Waals surface area contributed by atoms with E-state index in [-0.39, 0.29) is 11.9 Å². The Kier molecular flexibility index (Phi) is 2.56. The highest BCUT2D eigenvalue weighted by atomic mass is 32.2. The standard InChI is InChI=1S/C8H14N2OS/c11-8(7-4-12-5-9-7)10-6-2-1-3-6/h6-7,9H,1-5H2,(H,10,11). The molecule has 1 aliphatic heterocycles. The molecule has 0 spiro atoms. The third-order valence-electron chi connectivity index (χ3n) is 2.48. The molecular weight excluding hydrogens is 172 g/mol. The summed E-state index contributed by atoms with van der Waals surface area (Å²) in [5.74, 6) is 2.05. The monoisotopic (exact) mass is 186 g/mol. The minimum absolute atomic E-state index is 0.0654. The molecule has 1 atom stereocenters. The Bertz CT molecular complexity index is 176. The number of carbonyl (C=O) groups excluding carboxylic acids is 1. The van der Waals surface area contributed by atoms with Crippen molar-refractivity contribution in [3.63, 3.8) is 0 Å². The van der Waals surface area contributed by atoms with E-state index in [9.17, 15) is 4.79 Å². The van der Waals surface area contributed by atoms with Crippen molar-refractivity contribution in [2.24, 2.45) is 0 Å². The van der Waals surface area contributed by atoms with Gasteiger partial charge in [-0.25, -0.2) is 0 Å². The van der Waals surface area contributed by atoms with Crippen LogP contribution in [-0.2, 0) is 4.79 Å². The molecule has 2 aliphatic rings. The molecular formula is C8H14N2OS. The molecule has 0 bridgehead atoms. The van der Waals surface area contributed by atoms with Crippen LogP contribution in [0.2, 0.25) is 0 Å². The summed E-state index contributed by atoms with van der Waals surface area (Å²) in [6, 6.07) is 0.542. The summed E-state index contributed by atoms with van der Waals surface area (Å²) < 4.78 is 0. The maximum absolute atomic E-state index is 11.5. The third kappa shape index (κ3) is 1.75. The summed E-state index contributed by atoms with van der Waals surface area (Å²) in [7, 11) is 0. The fraction of sp³-hybridized carbons (Fsp3) is 0.875. The van der Waals surface area contributed by atoms with Crippen molar-refractivity contribution in [2.75, 3.05) is 11.6 Å². The lowest BCUT2D eigenvalue weighted by molar-refractivity contribution is -0.123. The molecule has 1 amide bonds. The van der Waals surface area contributed by atoms with Crippen molar-refractivity contribution in [1.82, 2.24) is 10.6 Å². The highest BCUT2D eigenvalue weighted by molar-refractivity contribution is 7.99. The van der Waals surface area contributed by atoms with Crippen molar-refractivity contribution >= 4 is 17.7 Å². The largest absolute Gasteiger partial charge is 0.352 e. The number of carbonyl (C=O) groups is 1. The topological polar surface area (TPSA) is 41.1 Å². The molecule has 1 unspecified atom stereocenters. The number of hydrogen-bond acceptors (Lipinski definition) is 3. The van der Waals surface area contributed by atoms with Gasteiger partial charge in [0, 0.05) is 17.7 Å². The van der Waals surface area contributed by atoms with Gasteiger partial charge in [0.2, 0.25) is 5.91 Å². The second-order valence-corrected chi connectivity index (χ2v) is 4.44. The number of thioether (sulfide) groups is 1. The fourth-order valence-electron chi connectivity index (χ4n) is 1.42. The lowest BCUT2D eigenvalue weighted by atomic mass is 9.93. The van der Waals surface area contributed by atoms with Gasteiger partial charge >= 0.3 is 0 Å². The smallest absolute Gasteiger partial charge is 0.238 e. The SMILES string of the molecule is O=C(NC1CCC1)C1CSCN1. The molecule has 0 aromatic carbocycles. The van der Waals surface area contributed by atoms with E-state index in [1.807, 2.05) is 0 Å². The van der Waals surface area contributed by atoms with Gasteiger partial charge in [-0.1, -0.05) is 0 Å². The first kappa shape index (κ1) is 8.38. The molecule has 4 heteroatoms. The van der Waals surface area contributed by atoms with E-state index in [4.69, 9.17) is 0 Å². The Morgan fingerprint density at radius 1 is 1.50 bits per heavy atom. The van der Waals surface area contributed by atoms with Crippen molar-refractivity contribution < 1.29 is 4.79 Å². The second-order valence-electron chi connectivity index (χ2n) is 3.41. The number of rotatable bonds is 2. The molecule has 2 rings (SSSR count). The van der Waals surface area contributed by atoms with Gasteiger partial charge in [-0.3, -0.25) is 10.1 Å². The molecule has 1 aliphatic carbocycles. The first-order valence-electron chi connectivity index (χ1n) is 4.48. The Labute approximate surface area is 76.7 Å². The normalized spacial score (nSPS) is 29.8. The second kappa shape index (κ2) is 3.66. The van der Waals surface area contributed by atoms with Crippen LogP contribution in [0.15, 0.2) is 0 Å². The maximum Gasteiger partial charge on any atom is 0.238 e. The van der Waals surface area contributed by atoms with Crippen LogP contribution in [-0.4, -0.2) is 29.6 Å². The predicted octanol–water partition coefficient (Wildman–Crippen LogP) is 0.318. The summed E-state index contributed by atoms with van der Waals surface area (Å²) >= 11 is 1.79. The first-order valence-corrected chi connectivity index (χ1v) is 5.63. The van der Waals surface area contributed by atoms with Crippen LogP contribution in [0.5, 0.6) is 0 Å². The average molecular weight is 186 g/mol. The van der Waals surface area contributed by atoms with Crippen LogP contribution in [0.25, 0.3) is 0 Å². The van der Waals surface area contributed by atoms with Crippen LogP contribution in [0, 0.1) is 0 Å². The molecule has 2 N–H and O–H groups in total. The van der Waals surface area contributed by atoms with Gasteiger partial charge in [-0.15, -0.1) is 11.8 Å². The summed E-state index contributed by atoms with van der Waals surface area (Å²) in [5, 5.41) is 6.20. The molecule has 1 saturated carbocycles. The lowest BCUT2D eigenvalue weighted by Crippen LogP contribution is -2.48.